The minimum absolute atomic E-state index is 0.858. The number of anilines is 1. The number of hydrogen-bond acceptors (Lipinski definition) is 2. The predicted molar refractivity (Wildman–Crippen MR) is 51.5 cm³/mol. The smallest absolute Gasteiger partial charge is 0.123 e. The Kier molecular flexibility index (Phi) is 2.58. The van der Waals surface area contributed by atoms with Crippen molar-refractivity contribution in [3.05, 3.63) is 23.3 Å². The van der Waals surface area contributed by atoms with E-state index in [1.54, 1.807) is 7.11 Å². The Bertz CT molecular complexity index is 252. The third kappa shape index (κ3) is 1.37. The lowest BCUT2D eigenvalue weighted by molar-refractivity contribution is 0.412. The van der Waals surface area contributed by atoms with Crippen LogP contribution in [0.5, 0.6) is 5.75 Å². The van der Waals surface area contributed by atoms with Gasteiger partial charge in [0, 0.05) is 11.3 Å². The van der Waals surface area contributed by atoms with Crippen molar-refractivity contribution in [1.82, 2.24) is 0 Å². The number of hydrogen-bond donors (Lipinski definition) is 1. The average Bonchev–Trinajstić information content (AvgIpc) is 2.10. The van der Waals surface area contributed by atoms with Gasteiger partial charge in [-0.2, -0.15) is 0 Å². The first kappa shape index (κ1) is 8.91. The van der Waals surface area contributed by atoms with Gasteiger partial charge in [0.2, 0.25) is 0 Å². The summed E-state index contributed by atoms with van der Waals surface area (Å²) in [6, 6.07) is 3.98. The highest BCUT2D eigenvalue weighted by molar-refractivity contribution is 5.59. The molecule has 1 rings (SSSR count). The van der Waals surface area contributed by atoms with Gasteiger partial charge in [-0.05, 0) is 25.0 Å². The normalized spacial score (nSPS) is 9.92. The lowest BCUT2D eigenvalue weighted by Crippen LogP contribution is -1.98. The molecule has 0 amide bonds. The molecule has 0 aliphatic heterocycles. The first-order valence-corrected chi connectivity index (χ1v) is 4.12. The molecule has 0 radical (unpaired) electrons. The van der Waals surface area contributed by atoms with Gasteiger partial charge in [-0.3, -0.25) is 0 Å². The van der Waals surface area contributed by atoms with E-state index in [1.807, 2.05) is 19.1 Å². The summed E-state index contributed by atoms with van der Waals surface area (Å²) in [5.74, 6) is 0.865. The number of methoxy groups -OCH3 is 1. The molecule has 0 fully saturated rings. The molecule has 0 aromatic heterocycles. The van der Waals surface area contributed by atoms with Gasteiger partial charge in [0.15, 0.2) is 0 Å². The second-order valence-corrected chi connectivity index (χ2v) is 2.82. The van der Waals surface area contributed by atoms with E-state index in [1.165, 1.54) is 5.56 Å². The molecule has 12 heavy (non-hydrogen) atoms. The standard InChI is InChI=1S/C10H15NO/c1-4-8-5-6-9(12-3)7(2)10(8)11/h5-6H,4,11H2,1-3H3. The Morgan fingerprint density at radius 1 is 1.42 bits per heavy atom. The topological polar surface area (TPSA) is 35.2 Å². The highest BCUT2D eigenvalue weighted by Gasteiger charge is 2.04. The van der Waals surface area contributed by atoms with E-state index in [0.717, 1.165) is 23.4 Å². The van der Waals surface area contributed by atoms with Gasteiger partial charge in [-0.25, -0.2) is 0 Å². The zero-order valence-electron chi connectivity index (χ0n) is 7.85. The summed E-state index contributed by atoms with van der Waals surface area (Å²) in [7, 11) is 1.66. The van der Waals surface area contributed by atoms with Crippen LogP contribution in [0, 0.1) is 6.92 Å². The maximum atomic E-state index is 5.89. The zero-order valence-corrected chi connectivity index (χ0v) is 7.85. The number of benzene rings is 1. The molecule has 1 aromatic rings. The van der Waals surface area contributed by atoms with Crippen molar-refractivity contribution >= 4 is 5.69 Å². The summed E-state index contributed by atoms with van der Waals surface area (Å²) in [6.45, 7) is 4.07. The van der Waals surface area contributed by atoms with Crippen molar-refractivity contribution in [3.63, 3.8) is 0 Å². The highest BCUT2D eigenvalue weighted by Crippen LogP contribution is 2.26. The summed E-state index contributed by atoms with van der Waals surface area (Å²) in [4.78, 5) is 0. The summed E-state index contributed by atoms with van der Waals surface area (Å²) >= 11 is 0. The van der Waals surface area contributed by atoms with Gasteiger partial charge in [-0.1, -0.05) is 13.0 Å². The van der Waals surface area contributed by atoms with E-state index >= 15 is 0 Å². The molecule has 0 aliphatic carbocycles. The van der Waals surface area contributed by atoms with Crippen molar-refractivity contribution in [2.75, 3.05) is 12.8 Å². The van der Waals surface area contributed by atoms with Crippen LogP contribution in [-0.2, 0) is 6.42 Å². The number of rotatable bonds is 2. The van der Waals surface area contributed by atoms with Crippen molar-refractivity contribution in [2.45, 2.75) is 20.3 Å². The van der Waals surface area contributed by atoms with Crippen molar-refractivity contribution in [2.24, 2.45) is 0 Å². The zero-order chi connectivity index (χ0) is 9.14. The van der Waals surface area contributed by atoms with Crippen molar-refractivity contribution in [3.8, 4) is 5.75 Å². The molecule has 0 atom stereocenters. The SMILES string of the molecule is CCc1ccc(OC)c(C)c1N. The van der Waals surface area contributed by atoms with Gasteiger partial charge in [0.1, 0.15) is 5.75 Å². The van der Waals surface area contributed by atoms with E-state index in [-0.39, 0.29) is 0 Å². The number of nitrogens with two attached hydrogens (primary N) is 1. The minimum atomic E-state index is 0.858. The summed E-state index contributed by atoms with van der Waals surface area (Å²) in [6.07, 6.45) is 0.969. The molecule has 0 saturated carbocycles. The van der Waals surface area contributed by atoms with Gasteiger partial charge < -0.3 is 10.5 Å². The number of aryl methyl sites for hydroxylation is 1. The van der Waals surface area contributed by atoms with Crippen LogP contribution in [0.2, 0.25) is 0 Å². The third-order valence-electron chi connectivity index (χ3n) is 2.16. The molecule has 0 aliphatic rings. The summed E-state index contributed by atoms with van der Waals surface area (Å²) < 4.78 is 5.15. The molecule has 0 spiro atoms. The molecule has 2 heteroatoms. The molecule has 1 aromatic carbocycles. The highest BCUT2D eigenvalue weighted by atomic mass is 16.5. The van der Waals surface area contributed by atoms with Gasteiger partial charge >= 0.3 is 0 Å². The Hall–Kier alpha value is -1.18. The lowest BCUT2D eigenvalue weighted by Gasteiger charge is -2.10. The minimum Gasteiger partial charge on any atom is -0.496 e. The number of ether oxygens (including phenoxy) is 1. The molecule has 0 saturated heterocycles. The van der Waals surface area contributed by atoms with Gasteiger partial charge in [-0.15, -0.1) is 0 Å². The quantitative estimate of drug-likeness (QED) is 0.681. The predicted octanol–water partition coefficient (Wildman–Crippen LogP) is 2.15. The monoisotopic (exact) mass is 165 g/mol. The van der Waals surface area contributed by atoms with Crippen LogP contribution < -0.4 is 10.5 Å². The van der Waals surface area contributed by atoms with Crippen LogP contribution in [-0.4, -0.2) is 7.11 Å². The summed E-state index contributed by atoms with van der Waals surface area (Å²) in [5.41, 5.74) is 8.97. The van der Waals surface area contributed by atoms with Crippen LogP contribution in [0.25, 0.3) is 0 Å². The molecular weight excluding hydrogens is 150 g/mol. The lowest BCUT2D eigenvalue weighted by atomic mass is 10.1. The third-order valence-corrected chi connectivity index (χ3v) is 2.16. The van der Waals surface area contributed by atoms with E-state index in [9.17, 15) is 0 Å². The molecule has 0 heterocycles. The van der Waals surface area contributed by atoms with Crippen LogP contribution in [0.3, 0.4) is 0 Å². The largest absolute Gasteiger partial charge is 0.496 e. The Morgan fingerprint density at radius 3 is 2.58 bits per heavy atom. The van der Waals surface area contributed by atoms with Crippen LogP contribution >= 0.6 is 0 Å². The van der Waals surface area contributed by atoms with E-state index in [4.69, 9.17) is 10.5 Å². The van der Waals surface area contributed by atoms with Crippen LogP contribution in [0.4, 0.5) is 5.69 Å². The average molecular weight is 165 g/mol. The Labute approximate surface area is 73.3 Å². The van der Waals surface area contributed by atoms with Gasteiger partial charge in [0.05, 0.1) is 7.11 Å². The fraction of sp³-hybridized carbons (Fsp3) is 0.400. The second kappa shape index (κ2) is 3.48. The Morgan fingerprint density at radius 2 is 2.08 bits per heavy atom. The first-order valence-electron chi connectivity index (χ1n) is 4.12. The van der Waals surface area contributed by atoms with Crippen LogP contribution in [0.1, 0.15) is 18.1 Å². The molecule has 0 unspecified atom stereocenters. The molecule has 2 N–H and O–H groups in total. The molecule has 2 nitrogen and oxygen atoms in total. The van der Waals surface area contributed by atoms with E-state index in [0.29, 0.717) is 0 Å². The van der Waals surface area contributed by atoms with Gasteiger partial charge in [0.25, 0.3) is 0 Å². The first-order chi connectivity index (χ1) is 5.70. The fourth-order valence-electron chi connectivity index (χ4n) is 1.29. The van der Waals surface area contributed by atoms with Crippen molar-refractivity contribution in [1.29, 1.82) is 0 Å². The molecule has 0 bridgehead atoms. The molecular formula is C10H15NO. The maximum absolute atomic E-state index is 5.89. The summed E-state index contributed by atoms with van der Waals surface area (Å²) in [5, 5.41) is 0. The maximum Gasteiger partial charge on any atom is 0.123 e. The van der Waals surface area contributed by atoms with Crippen molar-refractivity contribution < 1.29 is 4.74 Å². The number of nitrogen functional groups attached to an aromatic ring is 1. The second-order valence-electron chi connectivity index (χ2n) is 2.82. The fourth-order valence-corrected chi connectivity index (χ4v) is 1.29. The molecule has 66 valence electrons. The van der Waals surface area contributed by atoms with E-state index < -0.39 is 0 Å². The Balaban J connectivity index is 3.20. The van der Waals surface area contributed by atoms with E-state index in [2.05, 4.69) is 6.92 Å². The van der Waals surface area contributed by atoms with Crippen LogP contribution in [0.15, 0.2) is 12.1 Å².